The molecule has 0 spiro atoms. The minimum Gasteiger partial charge on any atom is -0.480 e. The fourth-order valence-corrected chi connectivity index (χ4v) is 3.62. The molecule has 0 aromatic heterocycles. The van der Waals surface area contributed by atoms with Gasteiger partial charge in [-0.15, -0.1) is 0 Å². The van der Waals surface area contributed by atoms with Gasteiger partial charge in [-0.25, -0.2) is 0 Å². The maximum absolute atomic E-state index is 11.5. The molecular formula is C15H28N2O2. The number of carboxylic acids is 1. The van der Waals surface area contributed by atoms with Gasteiger partial charge in [-0.05, 0) is 58.3 Å². The van der Waals surface area contributed by atoms with E-state index in [4.69, 9.17) is 0 Å². The number of hydrogen-bond acceptors (Lipinski definition) is 3. The molecule has 4 nitrogen and oxygen atoms in total. The fraction of sp³-hybridized carbons (Fsp3) is 0.933. The molecule has 0 aromatic rings. The van der Waals surface area contributed by atoms with Crippen LogP contribution in [0.1, 0.15) is 51.9 Å². The molecule has 0 aliphatic carbocycles. The van der Waals surface area contributed by atoms with Crippen molar-refractivity contribution in [3.63, 3.8) is 0 Å². The van der Waals surface area contributed by atoms with Crippen molar-refractivity contribution in [2.75, 3.05) is 26.2 Å². The lowest BCUT2D eigenvalue weighted by atomic mass is 10.0. The van der Waals surface area contributed by atoms with E-state index in [2.05, 4.69) is 16.7 Å². The first-order valence-electron chi connectivity index (χ1n) is 7.93. The van der Waals surface area contributed by atoms with E-state index in [9.17, 15) is 9.90 Å². The van der Waals surface area contributed by atoms with Crippen LogP contribution in [-0.4, -0.2) is 59.1 Å². The SMILES string of the molecule is CCN1CCCC(N2CCCCCC2C(=O)O)CC1. The Morgan fingerprint density at radius 3 is 2.63 bits per heavy atom. The Morgan fingerprint density at radius 2 is 1.89 bits per heavy atom. The smallest absolute Gasteiger partial charge is 0.320 e. The van der Waals surface area contributed by atoms with Crippen LogP contribution in [0, 0.1) is 0 Å². The second-order valence-electron chi connectivity index (χ2n) is 5.96. The van der Waals surface area contributed by atoms with Crippen LogP contribution >= 0.6 is 0 Å². The first-order chi connectivity index (χ1) is 9.22. The van der Waals surface area contributed by atoms with Crippen molar-refractivity contribution in [3.8, 4) is 0 Å². The molecule has 0 bridgehead atoms. The molecule has 110 valence electrons. The van der Waals surface area contributed by atoms with Crippen LogP contribution in [0.4, 0.5) is 0 Å². The lowest BCUT2D eigenvalue weighted by molar-refractivity contribution is -0.144. The average Bonchev–Trinajstić information content (AvgIpc) is 2.78. The Kier molecular flexibility index (Phi) is 5.64. The first kappa shape index (κ1) is 14.8. The third-order valence-electron chi connectivity index (χ3n) is 4.79. The highest BCUT2D eigenvalue weighted by Crippen LogP contribution is 2.25. The van der Waals surface area contributed by atoms with Crippen molar-refractivity contribution < 1.29 is 9.90 Å². The van der Waals surface area contributed by atoms with Gasteiger partial charge >= 0.3 is 5.97 Å². The molecule has 2 aliphatic heterocycles. The van der Waals surface area contributed by atoms with Gasteiger partial charge in [-0.2, -0.15) is 0 Å². The van der Waals surface area contributed by atoms with E-state index < -0.39 is 5.97 Å². The average molecular weight is 268 g/mol. The largest absolute Gasteiger partial charge is 0.480 e. The highest BCUT2D eigenvalue weighted by atomic mass is 16.4. The van der Waals surface area contributed by atoms with Gasteiger partial charge in [0.15, 0.2) is 0 Å². The van der Waals surface area contributed by atoms with Gasteiger partial charge in [-0.3, -0.25) is 9.69 Å². The van der Waals surface area contributed by atoms with Gasteiger partial charge in [0.25, 0.3) is 0 Å². The second-order valence-corrected chi connectivity index (χ2v) is 5.96. The lowest BCUT2D eigenvalue weighted by Crippen LogP contribution is -2.47. The van der Waals surface area contributed by atoms with E-state index in [0.717, 1.165) is 45.3 Å². The number of nitrogens with zero attached hydrogens (tertiary/aromatic N) is 2. The van der Waals surface area contributed by atoms with Gasteiger partial charge in [-0.1, -0.05) is 19.8 Å². The summed E-state index contributed by atoms with van der Waals surface area (Å²) in [5.41, 5.74) is 0. The molecular weight excluding hydrogens is 240 g/mol. The monoisotopic (exact) mass is 268 g/mol. The predicted octanol–water partition coefficient (Wildman–Crippen LogP) is 2.19. The summed E-state index contributed by atoms with van der Waals surface area (Å²) in [6.45, 7) is 6.62. The number of rotatable bonds is 3. The Hall–Kier alpha value is -0.610. The van der Waals surface area contributed by atoms with Crippen molar-refractivity contribution in [2.24, 2.45) is 0 Å². The minimum atomic E-state index is -0.613. The molecule has 2 atom stereocenters. The van der Waals surface area contributed by atoms with Gasteiger partial charge in [0.1, 0.15) is 6.04 Å². The van der Waals surface area contributed by atoms with Crippen LogP contribution in [0.15, 0.2) is 0 Å². The number of likely N-dealkylation sites (tertiary alicyclic amines) is 2. The number of hydrogen-bond donors (Lipinski definition) is 1. The lowest BCUT2D eigenvalue weighted by Gasteiger charge is -2.34. The topological polar surface area (TPSA) is 43.8 Å². The molecule has 2 rings (SSSR count). The third kappa shape index (κ3) is 3.93. The molecule has 0 amide bonds. The molecule has 2 fully saturated rings. The predicted molar refractivity (Wildman–Crippen MR) is 76.4 cm³/mol. The van der Waals surface area contributed by atoms with E-state index in [-0.39, 0.29) is 6.04 Å². The first-order valence-corrected chi connectivity index (χ1v) is 7.93. The van der Waals surface area contributed by atoms with Crippen LogP contribution in [-0.2, 0) is 4.79 Å². The molecule has 4 heteroatoms. The fourth-order valence-electron chi connectivity index (χ4n) is 3.62. The van der Waals surface area contributed by atoms with Crippen LogP contribution in [0.3, 0.4) is 0 Å². The molecule has 2 heterocycles. The summed E-state index contributed by atoms with van der Waals surface area (Å²) < 4.78 is 0. The molecule has 2 aliphatic rings. The number of aliphatic carboxylic acids is 1. The molecule has 1 N–H and O–H groups in total. The summed E-state index contributed by atoms with van der Waals surface area (Å²) in [5.74, 6) is -0.613. The Labute approximate surface area is 116 Å². The van der Waals surface area contributed by atoms with Crippen LogP contribution in [0.5, 0.6) is 0 Å². The molecule has 0 radical (unpaired) electrons. The number of carbonyl (C=O) groups is 1. The second kappa shape index (κ2) is 7.25. The van der Waals surface area contributed by atoms with Crippen LogP contribution in [0.2, 0.25) is 0 Å². The van der Waals surface area contributed by atoms with E-state index >= 15 is 0 Å². The van der Waals surface area contributed by atoms with E-state index in [1.165, 1.54) is 25.8 Å². The molecule has 2 saturated heterocycles. The van der Waals surface area contributed by atoms with Crippen LogP contribution in [0.25, 0.3) is 0 Å². The maximum Gasteiger partial charge on any atom is 0.320 e. The molecule has 0 saturated carbocycles. The standard InChI is InChI=1S/C15H28N2O2/c1-2-16-10-6-7-13(9-12-16)17-11-5-3-4-8-14(17)15(18)19/h13-14H,2-12H2,1H3,(H,18,19). The summed E-state index contributed by atoms with van der Waals surface area (Å²) >= 11 is 0. The van der Waals surface area contributed by atoms with Gasteiger partial charge < -0.3 is 10.0 Å². The Morgan fingerprint density at radius 1 is 1.05 bits per heavy atom. The van der Waals surface area contributed by atoms with E-state index in [1.54, 1.807) is 0 Å². The summed E-state index contributed by atoms with van der Waals surface area (Å²) in [7, 11) is 0. The van der Waals surface area contributed by atoms with Crippen molar-refractivity contribution in [1.82, 2.24) is 9.80 Å². The van der Waals surface area contributed by atoms with Crippen molar-refractivity contribution >= 4 is 5.97 Å². The Bertz CT molecular complexity index is 296. The molecule has 19 heavy (non-hydrogen) atoms. The van der Waals surface area contributed by atoms with Crippen molar-refractivity contribution in [2.45, 2.75) is 64.0 Å². The summed E-state index contributed by atoms with van der Waals surface area (Å²) in [6, 6.07) is 0.247. The van der Waals surface area contributed by atoms with E-state index in [0.29, 0.717) is 6.04 Å². The van der Waals surface area contributed by atoms with E-state index in [1.807, 2.05) is 0 Å². The van der Waals surface area contributed by atoms with Crippen molar-refractivity contribution in [1.29, 1.82) is 0 Å². The van der Waals surface area contributed by atoms with Crippen molar-refractivity contribution in [3.05, 3.63) is 0 Å². The summed E-state index contributed by atoms with van der Waals surface area (Å²) in [4.78, 5) is 16.3. The maximum atomic E-state index is 11.5. The molecule has 2 unspecified atom stereocenters. The summed E-state index contributed by atoms with van der Waals surface area (Å²) in [6.07, 6.45) is 7.77. The third-order valence-corrected chi connectivity index (χ3v) is 4.79. The quantitative estimate of drug-likeness (QED) is 0.852. The molecule has 0 aromatic carbocycles. The number of carboxylic acid groups (broad SMARTS) is 1. The van der Waals surface area contributed by atoms with Crippen LogP contribution < -0.4 is 0 Å². The summed E-state index contributed by atoms with van der Waals surface area (Å²) in [5, 5.41) is 9.48. The zero-order valence-corrected chi connectivity index (χ0v) is 12.2. The highest BCUT2D eigenvalue weighted by Gasteiger charge is 2.32. The van der Waals surface area contributed by atoms with Gasteiger partial charge in [0, 0.05) is 6.04 Å². The highest BCUT2D eigenvalue weighted by molar-refractivity contribution is 5.73. The van der Waals surface area contributed by atoms with Gasteiger partial charge in [0.05, 0.1) is 0 Å². The minimum absolute atomic E-state index is 0.235. The van der Waals surface area contributed by atoms with Gasteiger partial charge in [0.2, 0.25) is 0 Å². The zero-order valence-electron chi connectivity index (χ0n) is 12.2. The normalized spacial score (nSPS) is 31.6. The zero-order chi connectivity index (χ0) is 13.7. The Balaban J connectivity index is 2.01.